The molecule has 0 aliphatic carbocycles. The number of nitrogens with two attached hydrogens (primary N) is 1. The fourth-order valence-electron chi connectivity index (χ4n) is 2.28. The molecule has 0 radical (unpaired) electrons. The summed E-state index contributed by atoms with van der Waals surface area (Å²) in [5.74, 6) is 1.50. The Hall–Kier alpha value is -2.47. The maximum atomic E-state index is 5.70. The Labute approximate surface area is 151 Å². The van der Waals surface area contributed by atoms with Gasteiger partial charge in [0.1, 0.15) is 5.82 Å². The minimum absolute atomic E-state index is 0.257. The molecule has 6 heteroatoms. The van der Waals surface area contributed by atoms with Gasteiger partial charge in [0, 0.05) is 26.2 Å². The number of hydrogen-bond donors (Lipinski definition) is 2. The molecule has 0 aromatic carbocycles. The van der Waals surface area contributed by atoms with E-state index in [1.54, 1.807) is 6.08 Å². The second kappa shape index (κ2) is 11.1. The number of aryl methyl sites for hydroxylation is 1. The number of aromatic nitrogens is 3. The van der Waals surface area contributed by atoms with Gasteiger partial charge in [-0.3, -0.25) is 0 Å². The van der Waals surface area contributed by atoms with Crippen LogP contribution < -0.4 is 16.0 Å². The second-order valence-electron chi connectivity index (χ2n) is 5.80. The maximum Gasteiger partial charge on any atom is 0.230 e. The summed E-state index contributed by atoms with van der Waals surface area (Å²) in [6.45, 7) is 13.1. The van der Waals surface area contributed by atoms with Crippen molar-refractivity contribution < 1.29 is 0 Å². The van der Waals surface area contributed by atoms with Gasteiger partial charge in [0.2, 0.25) is 11.9 Å². The lowest BCUT2D eigenvalue weighted by Gasteiger charge is -2.22. The van der Waals surface area contributed by atoms with Crippen molar-refractivity contribution in [2.24, 2.45) is 0 Å². The summed E-state index contributed by atoms with van der Waals surface area (Å²) in [6.07, 6.45) is 11.5. The molecule has 1 aromatic rings. The molecule has 1 unspecified atom stereocenters. The Kier molecular flexibility index (Phi) is 9.17. The number of nitrogens with one attached hydrogen (secondary N) is 1. The lowest BCUT2D eigenvalue weighted by Crippen LogP contribution is -2.34. The van der Waals surface area contributed by atoms with Gasteiger partial charge >= 0.3 is 0 Å². The first-order valence-electron chi connectivity index (χ1n) is 8.53. The van der Waals surface area contributed by atoms with Gasteiger partial charge in [-0.1, -0.05) is 50.5 Å². The molecule has 0 aliphatic rings. The van der Waals surface area contributed by atoms with E-state index >= 15 is 0 Å². The fourth-order valence-corrected chi connectivity index (χ4v) is 2.28. The summed E-state index contributed by atoms with van der Waals surface area (Å²) in [5.41, 5.74) is 6.84. The predicted molar refractivity (Wildman–Crippen MR) is 107 cm³/mol. The van der Waals surface area contributed by atoms with Crippen LogP contribution in [-0.4, -0.2) is 41.1 Å². The zero-order valence-corrected chi connectivity index (χ0v) is 15.6. The van der Waals surface area contributed by atoms with Crippen molar-refractivity contribution in [3.8, 4) is 0 Å². The predicted octanol–water partition coefficient (Wildman–Crippen LogP) is 2.81. The van der Waals surface area contributed by atoms with Crippen molar-refractivity contribution in [1.29, 1.82) is 0 Å². The SMILES string of the molecule is C=C/C=C\C=C(/C=C)CNC(CC)CCN(C)c1nc(C)nc(N)n1. The van der Waals surface area contributed by atoms with Gasteiger partial charge < -0.3 is 16.0 Å². The smallest absolute Gasteiger partial charge is 0.230 e. The van der Waals surface area contributed by atoms with Crippen LogP contribution >= 0.6 is 0 Å². The summed E-state index contributed by atoms with van der Waals surface area (Å²) in [4.78, 5) is 14.5. The lowest BCUT2D eigenvalue weighted by molar-refractivity contribution is 0.487. The standard InChI is InChI=1S/C19H30N6/c1-6-9-10-11-16(7-2)14-21-17(8-3)12-13-25(5)19-23-15(4)22-18(20)24-19/h6-7,9-11,17,21H,1-2,8,12-14H2,3-5H3,(H2,20,22,23,24)/b10-9-,16-11+. The van der Waals surface area contributed by atoms with Crippen molar-refractivity contribution >= 4 is 11.9 Å². The highest BCUT2D eigenvalue weighted by Gasteiger charge is 2.11. The zero-order valence-electron chi connectivity index (χ0n) is 15.6. The van der Waals surface area contributed by atoms with E-state index in [1.165, 1.54) is 0 Å². The van der Waals surface area contributed by atoms with Crippen LogP contribution in [0.2, 0.25) is 0 Å². The van der Waals surface area contributed by atoms with Crippen LogP contribution in [0.15, 0.2) is 49.1 Å². The molecule has 0 bridgehead atoms. The molecular formula is C19H30N6. The van der Waals surface area contributed by atoms with Crippen LogP contribution in [0.3, 0.4) is 0 Å². The van der Waals surface area contributed by atoms with Crippen molar-refractivity contribution in [1.82, 2.24) is 20.3 Å². The van der Waals surface area contributed by atoms with E-state index < -0.39 is 0 Å². The molecule has 25 heavy (non-hydrogen) atoms. The van der Waals surface area contributed by atoms with E-state index in [4.69, 9.17) is 5.73 Å². The van der Waals surface area contributed by atoms with Crippen LogP contribution in [0.4, 0.5) is 11.9 Å². The molecule has 0 fully saturated rings. The minimum Gasteiger partial charge on any atom is -0.368 e. The first-order chi connectivity index (χ1) is 12.0. The molecule has 1 aromatic heterocycles. The third kappa shape index (κ3) is 7.76. The Balaban J connectivity index is 2.55. The molecule has 0 saturated carbocycles. The molecule has 0 amide bonds. The summed E-state index contributed by atoms with van der Waals surface area (Å²) >= 11 is 0. The number of hydrogen-bond acceptors (Lipinski definition) is 6. The number of nitrogens with zero attached hydrogens (tertiary/aromatic N) is 4. The first kappa shape index (κ1) is 20.6. The lowest BCUT2D eigenvalue weighted by atomic mass is 10.1. The highest BCUT2D eigenvalue weighted by molar-refractivity contribution is 5.33. The summed E-state index contributed by atoms with van der Waals surface area (Å²) in [6, 6.07) is 0.398. The largest absolute Gasteiger partial charge is 0.368 e. The highest BCUT2D eigenvalue weighted by Crippen LogP contribution is 2.09. The van der Waals surface area contributed by atoms with Crippen molar-refractivity contribution in [3.63, 3.8) is 0 Å². The van der Waals surface area contributed by atoms with Gasteiger partial charge in [-0.2, -0.15) is 15.0 Å². The van der Waals surface area contributed by atoms with E-state index in [0.29, 0.717) is 17.8 Å². The normalized spacial score (nSPS) is 13.0. The van der Waals surface area contributed by atoms with Crippen LogP contribution in [0.1, 0.15) is 25.6 Å². The second-order valence-corrected chi connectivity index (χ2v) is 5.80. The molecule has 0 saturated heterocycles. The van der Waals surface area contributed by atoms with Gasteiger partial charge in [0.05, 0.1) is 0 Å². The van der Waals surface area contributed by atoms with Crippen molar-refractivity contribution in [3.05, 3.63) is 54.9 Å². The van der Waals surface area contributed by atoms with E-state index in [-0.39, 0.29) is 5.95 Å². The molecule has 0 aliphatic heterocycles. The Morgan fingerprint density at radius 1 is 1.28 bits per heavy atom. The molecule has 1 heterocycles. The zero-order chi connectivity index (χ0) is 18.7. The summed E-state index contributed by atoms with van der Waals surface area (Å²) in [5, 5.41) is 3.57. The maximum absolute atomic E-state index is 5.70. The van der Waals surface area contributed by atoms with Gasteiger partial charge in [-0.15, -0.1) is 0 Å². The monoisotopic (exact) mass is 342 g/mol. The summed E-state index contributed by atoms with van der Waals surface area (Å²) in [7, 11) is 1.97. The van der Waals surface area contributed by atoms with E-state index in [9.17, 15) is 0 Å². The van der Waals surface area contributed by atoms with Crippen molar-refractivity contribution in [2.75, 3.05) is 30.8 Å². The van der Waals surface area contributed by atoms with Crippen LogP contribution in [-0.2, 0) is 0 Å². The quantitative estimate of drug-likeness (QED) is 0.602. The first-order valence-corrected chi connectivity index (χ1v) is 8.53. The Morgan fingerprint density at radius 3 is 2.64 bits per heavy atom. The van der Waals surface area contributed by atoms with E-state index in [1.807, 2.05) is 43.2 Å². The van der Waals surface area contributed by atoms with Crippen LogP contribution in [0.25, 0.3) is 0 Å². The molecule has 136 valence electrons. The fraction of sp³-hybridized carbons (Fsp3) is 0.421. The number of allylic oxidation sites excluding steroid dienone is 4. The molecular weight excluding hydrogens is 312 g/mol. The number of anilines is 2. The minimum atomic E-state index is 0.257. The van der Waals surface area contributed by atoms with Gasteiger partial charge in [0.15, 0.2) is 0 Å². The Bertz CT molecular complexity index is 600. The van der Waals surface area contributed by atoms with Gasteiger partial charge in [-0.05, 0) is 25.3 Å². The van der Waals surface area contributed by atoms with Crippen LogP contribution in [0.5, 0.6) is 0 Å². The summed E-state index contributed by atoms with van der Waals surface area (Å²) < 4.78 is 0. The number of rotatable bonds is 11. The third-order valence-electron chi connectivity index (χ3n) is 3.81. The molecule has 6 nitrogen and oxygen atoms in total. The molecule has 3 N–H and O–H groups in total. The average molecular weight is 342 g/mol. The topological polar surface area (TPSA) is 80.0 Å². The number of nitrogen functional groups attached to an aromatic ring is 1. The van der Waals surface area contributed by atoms with E-state index in [2.05, 4.69) is 40.4 Å². The van der Waals surface area contributed by atoms with Crippen LogP contribution in [0, 0.1) is 6.92 Å². The average Bonchev–Trinajstić information content (AvgIpc) is 2.59. The third-order valence-corrected chi connectivity index (χ3v) is 3.81. The van der Waals surface area contributed by atoms with Gasteiger partial charge in [-0.25, -0.2) is 0 Å². The molecule has 1 atom stereocenters. The highest BCUT2D eigenvalue weighted by atomic mass is 15.3. The Morgan fingerprint density at radius 2 is 2.04 bits per heavy atom. The van der Waals surface area contributed by atoms with E-state index in [0.717, 1.165) is 31.5 Å². The van der Waals surface area contributed by atoms with Crippen molar-refractivity contribution in [2.45, 2.75) is 32.7 Å². The molecule has 0 spiro atoms. The van der Waals surface area contributed by atoms with Gasteiger partial charge in [0.25, 0.3) is 0 Å². The molecule has 1 rings (SSSR count).